The number of hydrogen-bond acceptors (Lipinski definition) is 3. The zero-order chi connectivity index (χ0) is 13.0. The van der Waals surface area contributed by atoms with E-state index in [1.54, 1.807) is 11.3 Å². The smallest absolute Gasteiger partial charge is 0.0650 e. The van der Waals surface area contributed by atoms with Crippen molar-refractivity contribution in [2.75, 3.05) is 0 Å². The molecule has 0 amide bonds. The van der Waals surface area contributed by atoms with Crippen molar-refractivity contribution in [3.8, 4) is 0 Å². The van der Waals surface area contributed by atoms with Crippen LogP contribution in [0, 0.1) is 0 Å². The predicted molar refractivity (Wildman–Crippen MR) is 75.0 cm³/mol. The summed E-state index contributed by atoms with van der Waals surface area (Å²) in [7, 11) is 0. The lowest BCUT2D eigenvalue weighted by Crippen LogP contribution is -2.14. The fraction of sp³-hybridized carbons (Fsp3) is 0.500. The van der Waals surface area contributed by atoms with Crippen LogP contribution >= 0.6 is 11.3 Å². The molecule has 0 aliphatic carbocycles. The Bertz CT molecular complexity index is 464. The Hall–Kier alpha value is -1.13. The van der Waals surface area contributed by atoms with E-state index in [4.69, 9.17) is 0 Å². The van der Waals surface area contributed by atoms with E-state index in [0.717, 1.165) is 12.1 Å². The summed E-state index contributed by atoms with van der Waals surface area (Å²) in [6, 6.07) is 4.49. The van der Waals surface area contributed by atoms with Gasteiger partial charge in [0.1, 0.15) is 0 Å². The topological polar surface area (TPSA) is 38.0 Å². The fourth-order valence-corrected chi connectivity index (χ4v) is 2.59. The first-order valence-electron chi connectivity index (χ1n) is 6.42. The first kappa shape index (κ1) is 13.3. The van der Waals surface area contributed by atoms with Gasteiger partial charge in [-0.25, -0.2) is 0 Å². The molecule has 1 N–H and O–H groups in total. The van der Waals surface area contributed by atoms with Crippen LogP contribution in [0.15, 0.2) is 29.1 Å². The van der Waals surface area contributed by atoms with Crippen molar-refractivity contribution in [2.24, 2.45) is 0 Å². The molecule has 2 rings (SSSR count). The van der Waals surface area contributed by atoms with Crippen molar-refractivity contribution >= 4 is 11.3 Å². The van der Waals surface area contributed by atoms with E-state index in [9.17, 15) is 5.11 Å². The van der Waals surface area contributed by atoms with Gasteiger partial charge in [-0.1, -0.05) is 6.92 Å². The van der Waals surface area contributed by atoms with Gasteiger partial charge in [0.15, 0.2) is 0 Å². The molecule has 2 aromatic rings. The summed E-state index contributed by atoms with van der Waals surface area (Å²) in [4.78, 5) is 0. The second kappa shape index (κ2) is 6.16. The Balaban J connectivity index is 1.90. The zero-order valence-corrected chi connectivity index (χ0v) is 11.7. The van der Waals surface area contributed by atoms with Crippen molar-refractivity contribution in [1.29, 1.82) is 0 Å². The van der Waals surface area contributed by atoms with Crippen LogP contribution < -0.4 is 0 Å². The van der Waals surface area contributed by atoms with Gasteiger partial charge in [-0.15, -0.1) is 0 Å². The van der Waals surface area contributed by atoms with Gasteiger partial charge in [0, 0.05) is 18.7 Å². The van der Waals surface area contributed by atoms with Gasteiger partial charge in [-0.05, 0) is 48.2 Å². The number of nitrogens with zero attached hydrogens (tertiary/aromatic N) is 2. The van der Waals surface area contributed by atoms with E-state index in [-0.39, 0.29) is 6.10 Å². The summed E-state index contributed by atoms with van der Waals surface area (Å²) in [6.07, 6.45) is 4.05. The number of rotatable bonds is 6. The van der Waals surface area contributed by atoms with Gasteiger partial charge in [-0.2, -0.15) is 16.4 Å². The van der Waals surface area contributed by atoms with Gasteiger partial charge in [0.2, 0.25) is 0 Å². The van der Waals surface area contributed by atoms with Crippen molar-refractivity contribution in [2.45, 2.75) is 45.3 Å². The minimum atomic E-state index is -0.347. The average Bonchev–Trinajstić information content (AvgIpc) is 2.99. The fourth-order valence-electron chi connectivity index (χ4n) is 1.91. The average molecular weight is 264 g/mol. The highest BCUT2D eigenvalue weighted by atomic mass is 32.1. The molecule has 0 fully saturated rings. The second-order valence-electron chi connectivity index (χ2n) is 4.74. The van der Waals surface area contributed by atoms with Gasteiger partial charge in [0.25, 0.3) is 0 Å². The monoisotopic (exact) mass is 264 g/mol. The molecule has 0 aliphatic rings. The minimum Gasteiger partial charge on any atom is -0.392 e. The summed E-state index contributed by atoms with van der Waals surface area (Å²) in [6.45, 7) is 4.30. The van der Waals surface area contributed by atoms with Crippen LogP contribution in [-0.4, -0.2) is 21.0 Å². The number of thiophene rings is 1. The molecule has 4 heteroatoms. The molecule has 98 valence electrons. The molecule has 3 nitrogen and oxygen atoms in total. The van der Waals surface area contributed by atoms with Crippen LogP contribution in [0.3, 0.4) is 0 Å². The molecule has 0 saturated heterocycles. The summed E-state index contributed by atoms with van der Waals surface area (Å²) >= 11 is 1.67. The molecule has 0 radical (unpaired) electrons. The Kier molecular flexibility index (Phi) is 4.55. The van der Waals surface area contributed by atoms with E-state index >= 15 is 0 Å². The maximum absolute atomic E-state index is 10.0. The Morgan fingerprint density at radius 2 is 2.22 bits per heavy atom. The highest BCUT2D eigenvalue weighted by Crippen LogP contribution is 2.13. The molecule has 18 heavy (non-hydrogen) atoms. The Labute approximate surface area is 112 Å². The third-order valence-corrected chi connectivity index (χ3v) is 3.93. The largest absolute Gasteiger partial charge is 0.392 e. The maximum Gasteiger partial charge on any atom is 0.0650 e. The number of aliphatic hydroxyl groups is 1. The first-order chi connectivity index (χ1) is 8.69. The third kappa shape index (κ3) is 3.43. The minimum absolute atomic E-state index is 0.347. The highest BCUT2D eigenvalue weighted by molar-refractivity contribution is 7.07. The lowest BCUT2D eigenvalue weighted by atomic mass is 10.1. The van der Waals surface area contributed by atoms with Gasteiger partial charge in [0.05, 0.1) is 11.8 Å². The lowest BCUT2D eigenvalue weighted by molar-refractivity contribution is 0.174. The molecule has 0 spiro atoms. The zero-order valence-electron chi connectivity index (χ0n) is 10.9. The number of hydrogen-bond donors (Lipinski definition) is 1. The Morgan fingerprint density at radius 3 is 2.89 bits per heavy atom. The molecular weight excluding hydrogens is 244 g/mol. The molecule has 0 bridgehead atoms. The van der Waals surface area contributed by atoms with Crippen LogP contribution in [0.4, 0.5) is 0 Å². The predicted octanol–water partition coefficient (Wildman–Crippen LogP) is 3.06. The highest BCUT2D eigenvalue weighted by Gasteiger charge is 2.10. The van der Waals surface area contributed by atoms with Gasteiger partial charge in [-0.3, -0.25) is 4.68 Å². The molecule has 2 atom stereocenters. The molecular formula is C14H20N2OS. The molecule has 0 aromatic carbocycles. The van der Waals surface area contributed by atoms with Crippen molar-refractivity contribution in [1.82, 2.24) is 9.78 Å². The normalized spacial score (nSPS) is 14.6. The van der Waals surface area contributed by atoms with Gasteiger partial charge < -0.3 is 5.11 Å². The van der Waals surface area contributed by atoms with Crippen molar-refractivity contribution < 1.29 is 5.11 Å². The van der Waals surface area contributed by atoms with Gasteiger partial charge >= 0.3 is 0 Å². The lowest BCUT2D eigenvalue weighted by Gasteiger charge is -2.09. The third-order valence-electron chi connectivity index (χ3n) is 3.20. The summed E-state index contributed by atoms with van der Waals surface area (Å²) in [5, 5.41) is 18.7. The Morgan fingerprint density at radius 1 is 1.39 bits per heavy atom. The quantitative estimate of drug-likeness (QED) is 0.870. The van der Waals surface area contributed by atoms with E-state index in [1.807, 2.05) is 22.3 Å². The van der Waals surface area contributed by atoms with E-state index in [2.05, 4.69) is 30.4 Å². The van der Waals surface area contributed by atoms with Crippen molar-refractivity contribution in [3.05, 3.63) is 40.3 Å². The first-order valence-corrected chi connectivity index (χ1v) is 7.36. The maximum atomic E-state index is 10.0. The van der Waals surface area contributed by atoms with Crippen LogP contribution in [0.1, 0.15) is 37.6 Å². The molecule has 2 unspecified atom stereocenters. The van der Waals surface area contributed by atoms with E-state index in [1.165, 1.54) is 5.56 Å². The molecule has 2 aromatic heterocycles. The van der Waals surface area contributed by atoms with Crippen LogP contribution in [0.25, 0.3) is 0 Å². The van der Waals surface area contributed by atoms with Crippen LogP contribution in [0.2, 0.25) is 0 Å². The van der Waals surface area contributed by atoms with Crippen LogP contribution in [0.5, 0.6) is 0 Å². The number of aliphatic hydroxyl groups excluding tert-OH is 1. The summed E-state index contributed by atoms with van der Waals surface area (Å²) in [5.41, 5.74) is 2.17. The second-order valence-corrected chi connectivity index (χ2v) is 5.52. The molecule has 0 aliphatic heterocycles. The molecule has 2 heterocycles. The summed E-state index contributed by atoms with van der Waals surface area (Å²) in [5.74, 6) is 0. The standard InChI is InChI=1S/C14H20N2OS/c1-3-11(2)16-6-4-13(15-16)9-14(17)8-12-5-7-18-10-12/h4-7,10-11,14,17H,3,8-9H2,1-2H3. The summed E-state index contributed by atoms with van der Waals surface area (Å²) < 4.78 is 1.98. The van der Waals surface area contributed by atoms with E-state index in [0.29, 0.717) is 18.9 Å². The molecule has 0 saturated carbocycles. The van der Waals surface area contributed by atoms with E-state index < -0.39 is 0 Å². The van der Waals surface area contributed by atoms with Crippen molar-refractivity contribution in [3.63, 3.8) is 0 Å². The van der Waals surface area contributed by atoms with Crippen LogP contribution in [-0.2, 0) is 12.8 Å². The SMILES string of the molecule is CCC(C)n1ccc(CC(O)Cc2ccsc2)n1. The number of aromatic nitrogens is 2.